The number of carbonyl (C=O) groups is 2. The third kappa shape index (κ3) is 9.03. The van der Waals surface area contributed by atoms with Crippen molar-refractivity contribution in [1.29, 1.82) is 5.26 Å². The van der Waals surface area contributed by atoms with Gasteiger partial charge >= 0.3 is 6.09 Å². The minimum atomic E-state index is -0.554. The molecule has 0 aliphatic heterocycles. The van der Waals surface area contributed by atoms with Crippen LogP contribution < -0.4 is 21.3 Å². The number of anilines is 3. The normalized spacial score (nSPS) is 10.6. The second kappa shape index (κ2) is 12.2. The molecule has 10 nitrogen and oxygen atoms in total. The molecule has 0 atom stereocenters. The molecule has 0 spiro atoms. The van der Waals surface area contributed by atoms with Crippen LogP contribution in [0.3, 0.4) is 0 Å². The predicted molar refractivity (Wildman–Crippen MR) is 126 cm³/mol. The van der Waals surface area contributed by atoms with Crippen LogP contribution in [0.1, 0.15) is 56.5 Å². The summed E-state index contributed by atoms with van der Waals surface area (Å²) >= 11 is 0. The van der Waals surface area contributed by atoms with Gasteiger partial charge in [0.15, 0.2) is 0 Å². The average Bonchev–Trinajstić information content (AvgIpc) is 2.76. The SMILES string of the molecule is CCCNc1nc(Nc2ccc(C#N)cc2)ncc1C(=O)NCCCNC(=O)OC(C)(C)C. The molecule has 0 radical (unpaired) electrons. The van der Waals surface area contributed by atoms with Crippen LogP contribution in [0.25, 0.3) is 0 Å². The first-order chi connectivity index (χ1) is 15.7. The Morgan fingerprint density at radius 1 is 1.09 bits per heavy atom. The van der Waals surface area contributed by atoms with Crippen LogP contribution in [0.5, 0.6) is 0 Å². The summed E-state index contributed by atoms with van der Waals surface area (Å²) in [5, 5.41) is 20.6. The lowest BCUT2D eigenvalue weighted by molar-refractivity contribution is 0.0527. The van der Waals surface area contributed by atoms with Gasteiger partial charge < -0.3 is 26.0 Å². The molecule has 2 amide bonds. The molecule has 33 heavy (non-hydrogen) atoms. The van der Waals surface area contributed by atoms with Gasteiger partial charge in [0.2, 0.25) is 5.95 Å². The van der Waals surface area contributed by atoms with E-state index in [-0.39, 0.29) is 5.91 Å². The van der Waals surface area contributed by atoms with Crippen molar-refractivity contribution >= 4 is 29.5 Å². The number of hydrogen-bond donors (Lipinski definition) is 4. The van der Waals surface area contributed by atoms with Crippen molar-refractivity contribution in [2.45, 2.75) is 46.1 Å². The van der Waals surface area contributed by atoms with E-state index >= 15 is 0 Å². The van der Waals surface area contributed by atoms with Crippen LogP contribution in [-0.2, 0) is 4.74 Å². The molecular formula is C23H31N7O3. The van der Waals surface area contributed by atoms with E-state index in [0.29, 0.717) is 48.9 Å². The van der Waals surface area contributed by atoms with Gasteiger partial charge in [-0.3, -0.25) is 4.79 Å². The number of amides is 2. The Labute approximate surface area is 194 Å². The van der Waals surface area contributed by atoms with Gasteiger partial charge in [0, 0.05) is 31.5 Å². The summed E-state index contributed by atoms with van der Waals surface area (Å²) in [6.45, 7) is 8.79. The van der Waals surface area contributed by atoms with Crippen molar-refractivity contribution in [2.75, 3.05) is 30.3 Å². The van der Waals surface area contributed by atoms with Crippen molar-refractivity contribution in [3.8, 4) is 6.07 Å². The Morgan fingerprint density at radius 2 is 1.79 bits per heavy atom. The highest BCUT2D eigenvalue weighted by Crippen LogP contribution is 2.18. The van der Waals surface area contributed by atoms with Gasteiger partial charge in [-0.2, -0.15) is 10.2 Å². The maximum absolute atomic E-state index is 12.7. The quantitative estimate of drug-likeness (QED) is 0.400. The first kappa shape index (κ1) is 25.4. The van der Waals surface area contributed by atoms with Crippen molar-refractivity contribution in [3.63, 3.8) is 0 Å². The highest BCUT2D eigenvalue weighted by Gasteiger charge is 2.16. The molecule has 10 heteroatoms. The zero-order chi connectivity index (χ0) is 24.3. The summed E-state index contributed by atoms with van der Waals surface area (Å²) in [4.78, 5) is 33.0. The van der Waals surface area contributed by atoms with Crippen molar-refractivity contribution in [2.24, 2.45) is 0 Å². The Bertz CT molecular complexity index is 979. The monoisotopic (exact) mass is 453 g/mol. The molecule has 1 aromatic carbocycles. The van der Waals surface area contributed by atoms with E-state index in [1.54, 1.807) is 45.0 Å². The molecule has 176 valence electrons. The maximum Gasteiger partial charge on any atom is 0.407 e. The number of ether oxygens (including phenoxy) is 1. The number of hydrogen-bond acceptors (Lipinski definition) is 8. The molecule has 2 rings (SSSR count). The molecule has 1 heterocycles. The molecule has 1 aromatic heterocycles. The third-order valence-electron chi connectivity index (χ3n) is 4.15. The lowest BCUT2D eigenvalue weighted by Crippen LogP contribution is -2.34. The molecule has 4 N–H and O–H groups in total. The minimum Gasteiger partial charge on any atom is -0.444 e. The fourth-order valence-electron chi connectivity index (χ4n) is 2.63. The standard InChI is InChI=1S/C23H31N7O3/c1-5-11-25-19-18(20(31)26-12-6-13-27-22(32)33-23(2,3)4)15-28-21(30-19)29-17-9-7-16(14-24)8-10-17/h7-10,15H,5-6,11-13H2,1-4H3,(H,26,31)(H,27,32)(H2,25,28,29,30). The number of carbonyl (C=O) groups excluding carboxylic acids is 2. The van der Waals surface area contributed by atoms with Crippen molar-refractivity contribution in [1.82, 2.24) is 20.6 Å². The first-order valence-corrected chi connectivity index (χ1v) is 10.8. The van der Waals surface area contributed by atoms with E-state index in [0.717, 1.165) is 12.1 Å². The van der Waals surface area contributed by atoms with Crippen LogP contribution in [0.2, 0.25) is 0 Å². The maximum atomic E-state index is 12.7. The molecule has 0 saturated heterocycles. The van der Waals surface area contributed by atoms with E-state index in [9.17, 15) is 9.59 Å². The Balaban J connectivity index is 1.94. The molecular weight excluding hydrogens is 422 g/mol. The molecule has 2 aromatic rings. The third-order valence-corrected chi connectivity index (χ3v) is 4.15. The van der Waals surface area contributed by atoms with Crippen LogP contribution >= 0.6 is 0 Å². The van der Waals surface area contributed by atoms with Crippen LogP contribution in [0.4, 0.5) is 22.2 Å². The summed E-state index contributed by atoms with van der Waals surface area (Å²) in [6.07, 6.45) is 2.38. The Hall–Kier alpha value is -3.87. The average molecular weight is 454 g/mol. The van der Waals surface area contributed by atoms with Gasteiger partial charge in [-0.05, 0) is 57.9 Å². The smallest absolute Gasteiger partial charge is 0.407 e. The number of alkyl carbamates (subject to hydrolysis) is 1. The molecule has 0 unspecified atom stereocenters. The summed E-state index contributed by atoms with van der Waals surface area (Å²) in [6, 6.07) is 8.97. The second-order valence-electron chi connectivity index (χ2n) is 8.23. The van der Waals surface area contributed by atoms with E-state index < -0.39 is 11.7 Å². The predicted octanol–water partition coefficient (Wildman–Crippen LogP) is 3.56. The Morgan fingerprint density at radius 3 is 2.42 bits per heavy atom. The zero-order valence-electron chi connectivity index (χ0n) is 19.5. The molecule has 0 saturated carbocycles. The second-order valence-corrected chi connectivity index (χ2v) is 8.23. The number of rotatable bonds is 10. The molecule has 0 bridgehead atoms. The molecule has 0 fully saturated rings. The van der Waals surface area contributed by atoms with Crippen molar-refractivity contribution < 1.29 is 14.3 Å². The van der Waals surface area contributed by atoms with E-state index in [2.05, 4.69) is 37.3 Å². The van der Waals surface area contributed by atoms with E-state index in [1.807, 2.05) is 6.92 Å². The number of nitrogens with zero attached hydrogens (tertiary/aromatic N) is 3. The summed E-state index contributed by atoms with van der Waals surface area (Å²) < 4.78 is 5.17. The number of benzene rings is 1. The minimum absolute atomic E-state index is 0.309. The Kier molecular flexibility index (Phi) is 9.42. The van der Waals surface area contributed by atoms with Gasteiger partial charge in [-0.15, -0.1) is 0 Å². The van der Waals surface area contributed by atoms with Crippen LogP contribution in [0.15, 0.2) is 30.5 Å². The summed E-state index contributed by atoms with van der Waals surface area (Å²) in [5.41, 5.74) is 1.06. The number of nitrogens with one attached hydrogen (secondary N) is 4. The van der Waals surface area contributed by atoms with Crippen molar-refractivity contribution in [3.05, 3.63) is 41.6 Å². The van der Waals surface area contributed by atoms with Gasteiger partial charge in [-0.1, -0.05) is 6.92 Å². The van der Waals surface area contributed by atoms with Crippen LogP contribution in [0, 0.1) is 11.3 Å². The first-order valence-electron chi connectivity index (χ1n) is 10.8. The molecule has 0 aliphatic rings. The number of nitriles is 1. The van der Waals surface area contributed by atoms with E-state index in [4.69, 9.17) is 10.00 Å². The van der Waals surface area contributed by atoms with Gasteiger partial charge in [-0.25, -0.2) is 9.78 Å². The fraction of sp³-hybridized carbons (Fsp3) is 0.435. The largest absolute Gasteiger partial charge is 0.444 e. The lowest BCUT2D eigenvalue weighted by atomic mass is 10.2. The summed E-state index contributed by atoms with van der Waals surface area (Å²) in [5.74, 6) is 0.444. The molecule has 0 aliphatic carbocycles. The summed E-state index contributed by atoms with van der Waals surface area (Å²) in [7, 11) is 0. The zero-order valence-corrected chi connectivity index (χ0v) is 19.5. The van der Waals surface area contributed by atoms with Gasteiger partial charge in [0.25, 0.3) is 5.91 Å². The number of aromatic nitrogens is 2. The van der Waals surface area contributed by atoms with E-state index in [1.165, 1.54) is 6.20 Å². The van der Waals surface area contributed by atoms with Gasteiger partial charge in [0.05, 0.1) is 11.6 Å². The fourth-order valence-corrected chi connectivity index (χ4v) is 2.63. The highest BCUT2D eigenvalue weighted by atomic mass is 16.6. The lowest BCUT2D eigenvalue weighted by Gasteiger charge is -2.19. The topological polar surface area (TPSA) is 141 Å². The van der Waals surface area contributed by atoms with Gasteiger partial charge in [0.1, 0.15) is 17.0 Å². The van der Waals surface area contributed by atoms with Crippen LogP contribution in [-0.4, -0.2) is 47.2 Å². The highest BCUT2D eigenvalue weighted by molar-refractivity contribution is 5.98.